The SMILES string of the molecule is C[NH+](CC(=O)NCc1ccc2c(c1)OCO2)Cc1nc2ccccc2s1. The van der Waals surface area contributed by atoms with Gasteiger partial charge in [0.05, 0.1) is 17.3 Å². The highest BCUT2D eigenvalue weighted by Gasteiger charge is 2.15. The van der Waals surface area contributed by atoms with Crippen LogP contribution in [0.25, 0.3) is 10.2 Å². The number of carbonyl (C=O) groups excluding carboxylic acids is 1. The van der Waals surface area contributed by atoms with Gasteiger partial charge in [0.1, 0.15) is 11.6 Å². The van der Waals surface area contributed by atoms with Crippen molar-refractivity contribution < 1.29 is 19.2 Å². The Labute approximate surface area is 155 Å². The molecule has 1 unspecified atom stereocenters. The molecule has 1 amide bonds. The molecule has 0 fully saturated rings. The molecule has 7 heteroatoms. The average molecular weight is 370 g/mol. The summed E-state index contributed by atoms with van der Waals surface area (Å²) in [4.78, 5) is 17.9. The minimum absolute atomic E-state index is 0.0151. The molecule has 1 aromatic heterocycles. The topological polar surface area (TPSA) is 64.9 Å². The van der Waals surface area contributed by atoms with E-state index in [0.29, 0.717) is 13.1 Å². The molecule has 26 heavy (non-hydrogen) atoms. The largest absolute Gasteiger partial charge is 0.454 e. The molecule has 0 spiro atoms. The van der Waals surface area contributed by atoms with E-state index in [0.717, 1.165) is 39.0 Å². The Bertz CT molecular complexity index is 908. The minimum atomic E-state index is 0.0151. The number of aromatic nitrogens is 1. The van der Waals surface area contributed by atoms with Gasteiger partial charge in [-0.05, 0) is 29.8 Å². The minimum Gasteiger partial charge on any atom is -0.454 e. The Hall–Kier alpha value is -2.64. The molecule has 2 heterocycles. The van der Waals surface area contributed by atoms with Crippen molar-refractivity contribution in [3.8, 4) is 11.5 Å². The summed E-state index contributed by atoms with van der Waals surface area (Å²) in [6, 6.07) is 13.8. The van der Waals surface area contributed by atoms with E-state index in [1.807, 2.05) is 43.4 Å². The van der Waals surface area contributed by atoms with Crippen molar-refractivity contribution in [2.75, 3.05) is 20.4 Å². The second-order valence-corrected chi connectivity index (χ2v) is 7.47. The molecule has 1 aliphatic rings. The van der Waals surface area contributed by atoms with Gasteiger partial charge >= 0.3 is 0 Å². The lowest BCUT2D eigenvalue weighted by atomic mass is 10.2. The van der Waals surface area contributed by atoms with Crippen LogP contribution in [0, 0.1) is 0 Å². The lowest BCUT2D eigenvalue weighted by Crippen LogP contribution is -3.08. The fourth-order valence-corrected chi connectivity index (χ4v) is 3.99. The Morgan fingerprint density at radius 3 is 2.96 bits per heavy atom. The summed E-state index contributed by atoms with van der Waals surface area (Å²) in [7, 11) is 2.01. The molecule has 1 atom stereocenters. The number of nitrogens with one attached hydrogen (secondary N) is 2. The van der Waals surface area contributed by atoms with E-state index in [2.05, 4.69) is 16.4 Å². The number of likely N-dealkylation sites (N-methyl/N-ethyl adjacent to an activating group) is 1. The second-order valence-electron chi connectivity index (χ2n) is 6.35. The lowest BCUT2D eigenvalue weighted by molar-refractivity contribution is -0.885. The van der Waals surface area contributed by atoms with E-state index in [1.54, 1.807) is 11.3 Å². The van der Waals surface area contributed by atoms with Crippen LogP contribution in [0.15, 0.2) is 42.5 Å². The zero-order valence-electron chi connectivity index (χ0n) is 14.5. The summed E-state index contributed by atoms with van der Waals surface area (Å²) in [5.41, 5.74) is 2.01. The van der Waals surface area contributed by atoms with Gasteiger partial charge in [-0.3, -0.25) is 4.79 Å². The van der Waals surface area contributed by atoms with Gasteiger partial charge in [-0.15, -0.1) is 11.3 Å². The normalized spacial score (nSPS) is 13.7. The van der Waals surface area contributed by atoms with E-state index in [1.165, 1.54) is 4.70 Å². The molecule has 4 rings (SSSR count). The summed E-state index contributed by atoms with van der Waals surface area (Å²) in [5, 5.41) is 4.01. The number of hydrogen-bond acceptors (Lipinski definition) is 5. The zero-order valence-corrected chi connectivity index (χ0v) is 15.3. The van der Waals surface area contributed by atoms with Gasteiger partial charge in [-0.25, -0.2) is 4.98 Å². The van der Waals surface area contributed by atoms with Crippen LogP contribution in [0.5, 0.6) is 11.5 Å². The molecule has 6 nitrogen and oxygen atoms in total. The number of carbonyl (C=O) groups is 1. The van der Waals surface area contributed by atoms with Crippen LogP contribution >= 0.6 is 11.3 Å². The van der Waals surface area contributed by atoms with Crippen LogP contribution in [-0.2, 0) is 17.9 Å². The Morgan fingerprint density at radius 2 is 2.08 bits per heavy atom. The summed E-state index contributed by atoms with van der Waals surface area (Å²) in [5.74, 6) is 1.50. The monoisotopic (exact) mass is 370 g/mol. The molecule has 0 radical (unpaired) electrons. The maximum atomic E-state index is 12.2. The average Bonchev–Trinajstić information content (AvgIpc) is 3.25. The number of benzene rings is 2. The molecule has 0 bridgehead atoms. The van der Waals surface area contributed by atoms with Crippen molar-refractivity contribution >= 4 is 27.5 Å². The standard InChI is InChI=1S/C19H19N3O3S/c1-22(11-19-21-14-4-2-3-5-17(14)26-19)10-18(23)20-9-13-6-7-15-16(8-13)25-12-24-15/h2-8H,9-12H2,1H3,(H,20,23)/p+1. The van der Waals surface area contributed by atoms with Gasteiger partial charge in [0, 0.05) is 6.54 Å². The van der Waals surface area contributed by atoms with Gasteiger partial charge in [0.15, 0.2) is 18.0 Å². The van der Waals surface area contributed by atoms with Crippen LogP contribution in [0.3, 0.4) is 0 Å². The molecule has 3 aromatic rings. The van der Waals surface area contributed by atoms with Gasteiger partial charge in [-0.2, -0.15) is 0 Å². The highest BCUT2D eigenvalue weighted by atomic mass is 32.1. The van der Waals surface area contributed by atoms with Crippen LogP contribution in [-0.4, -0.2) is 31.3 Å². The third kappa shape index (κ3) is 3.79. The van der Waals surface area contributed by atoms with Gasteiger partial charge in [0.25, 0.3) is 5.91 Å². The Balaban J connectivity index is 1.28. The van der Waals surface area contributed by atoms with Gasteiger partial charge in [-0.1, -0.05) is 18.2 Å². The number of quaternary nitrogens is 1. The molecule has 134 valence electrons. The molecular formula is C19H20N3O3S+. The van der Waals surface area contributed by atoms with E-state index in [-0.39, 0.29) is 12.7 Å². The molecule has 2 N–H and O–H groups in total. The van der Waals surface area contributed by atoms with Crippen LogP contribution in [0.2, 0.25) is 0 Å². The first kappa shape index (κ1) is 16.8. The van der Waals surface area contributed by atoms with Crippen molar-refractivity contribution in [3.63, 3.8) is 0 Å². The number of para-hydroxylation sites is 1. The summed E-state index contributed by atoms with van der Waals surface area (Å²) < 4.78 is 11.8. The number of rotatable bonds is 6. The third-order valence-corrected chi connectivity index (χ3v) is 5.22. The summed E-state index contributed by atoms with van der Waals surface area (Å²) >= 11 is 1.68. The molecule has 0 aliphatic carbocycles. The number of ether oxygens (including phenoxy) is 2. The number of fused-ring (bicyclic) bond motifs is 2. The van der Waals surface area contributed by atoms with E-state index >= 15 is 0 Å². The fraction of sp³-hybridized carbons (Fsp3) is 0.263. The third-order valence-electron chi connectivity index (χ3n) is 4.18. The van der Waals surface area contributed by atoms with E-state index in [4.69, 9.17) is 9.47 Å². The quantitative estimate of drug-likeness (QED) is 0.688. The number of thiazole rings is 1. The molecule has 0 saturated carbocycles. The first-order chi connectivity index (χ1) is 12.7. The van der Waals surface area contributed by atoms with Gasteiger partial charge < -0.3 is 19.7 Å². The van der Waals surface area contributed by atoms with Crippen molar-refractivity contribution in [2.24, 2.45) is 0 Å². The predicted molar refractivity (Wildman–Crippen MR) is 99.5 cm³/mol. The summed E-state index contributed by atoms with van der Waals surface area (Å²) in [6.07, 6.45) is 0. The van der Waals surface area contributed by atoms with Gasteiger partial charge in [0.2, 0.25) is 6.79 Å². The molecule has 0 saturated heterocycles. The maximum Gasteiger partial charge on any atom is 0.275 e. The summed E-state index contributed by atoms with van der Waals surface area (Å²) in [6.45, 7) is 1.87. The van der Waals surface area contributed by atoms with Crippen LogP contribution in [0.4, 0.5) is 0 Å². The highest BCUT2D eigenvalue weighted by Crippen LogP contribution is 2.32. The van der Waals surface area contributed by atoms with Crippen molar-refractivity contribution in [1.29, 1.82) is 0 Å². The Morgan fingerprint density at radius 1 is 1.23 bits per heavy atom. The van der Waals surface area contributed by atoms with Crippen LogP contribution < -0.4 is 19.7 Å². The highest BCUT2D eigenvalue weighted by molar-refractivity contribution is 7.18. The lowest BCUT2D eigenvalue weighted by Gasteiger charge is -2.12. The Kier molecular flexibility index (Phi) is 4.73. The van der Waals surface area contributed by atoms with E-state index in [9.17, 15) is 4.79 Å². The zero-order chi connectivity index (χ0) is 17.9. The molecule has 2 aromatic carbocycles. The first-order valence-electron chi connectivity index (χ1n) is 8.48. The first-order valence-corrected chi connectivity index (χ1v) is 9.30. The fourth-order valence-electron chi connectivity index (χ4n) is 2.90. The number of hydrogen-bond donors (Lipinski definition) is 2. The predicted octanol–water partition coefficient (Wildman–Crippen LogP) is 1.36. The van der Waals surface area contributed by atoms with Crippen molar-refractivity contribution in [2.45, 2.75) is 13.1 Å². The smallest absolute Gasteiger partial charge is 0.275 e. The second kappa shape index (κ2) is 7.31. The number of nitrogens with zero attached hydrogens (tertiary/aromatic N) is 1. The maximum absolute atomic E-state index is 12.2. The van der Waals surface area contributed by atoms with Crippen molar-refractivity contribution in [1.82, 2.24) is 10.3 Å². The molecular weight excluding hydrogens is 350 g/mol. The molecule has 1 aliphatic heterocycles. The van der Waals surface area contributed by atoms with Crippen LogP contribution in [0.1, 0.15) is 10.6 Å². The van der Waals surface area contributed by atoms with E-state index < -0.39 is 0 Å². The van der Waals surface area contributed by atoms with Crippen molar-refractivity contribution in [3.05, 3.63) is 53.0 Å². The number of amides is 1.